The molecule has 1 heterocycles. The molecule has 0 saturated carbocycles. The first-order valence-corrected chi connectivity index (χ1v) is 7.45. The van der Waals surface area contributed by atoms with Crippen LogP contribution in [0.5, 0.6) is 0 Å². The molecule has 0 aliphatic carbocycles. The van der Waals surface area contributed by atoms with Gasteiger partial charge in [-0.05, 0) is 18.6 Å². The molecule has 0 aliphatic rings. The molecular formula is C14H16N2O4S. The van der Waals surface area contributed by atoms with Crippen molar-refractivity contribution in [1.82, 2.24) is 9.55 Å². The molecule has 2 rings (SSSR count). The van der Waals surface area contributed by atoms with E-state index in [9.17, 15) is 9.59 Å². The third-order valence-corrected chi connectivity index (χ3v) is 3.84. The van der Waals surface area contributed by atoms with E-state index in [1.807, 2.05) is 0 Å². The molecule has 0 bridgehead atoms. The number of carbonyl (C=O) groups is 1. The highest BCUT2D eigenvalue weighted by molar-refractivity contribution is 7.99. The van der Waals surface area contributed by atoms with Crippen LogP contribution in [0.15, 0.2) is 34.2 Å². The number of aromatic nitrogens is 2. The number of thioether (sulfide) groups is 1. The second kappa shape index (κ2) is 7.24. The van der Waals surface area contributed by atoms with Crippen LogP contribution < -0.4 is 5.56 Å². The second-order valence-electron chi connectivity index (χ2n) is 4.40. The molecule has 0 amide bonds. The van der Waals surface area contributed by atoms with E-state index in [2.05, 4.69) is 4.98 Å². The summed E-state index contributed by atoms with van der Waals surface area (Å²) in [5.41, 5.74) is 0.433. The second-order valence-corrected chi connectivity index (χ2v) is 5.34. The lowest BCUT2D eigenvalue weighted by Gasteiger charge is -2.12. The number of methoxy groups -OCH3 is 1. The van der Waals surface area contributed by atoms with Crippen molar-refractivity contribution < 1.29 is 14.6 Å². The first-order valence-electron chi connectivity index (χ1n) is 6.46. The van der Waals surface area contributed by atoms with Crippen LogP contribution in [-0.2, 0) is 16.1 Å². The highest BCUT2D eigenvalue weighted by atomic mass is 32.2. The smallest absolute Gasteiger partial charge is 0.313 e. The largest absolute Gasteiger partial charge is 0.481 e. The minimum Gasteiger partial charge on any atom is -0.481 e. The van der Waals surface area contributed by atoms with E-state index < -0.39 is 5.97 Å². The average molecular weight is 308 g/mol. The molecule has 7 heteroatoms. The van der Waals surface area contributed by atoms with Gasteiger partial charge in [-0.1, -0.05) is 23.9 Å². The standard InChI is InChI=1S/C14H16N2O4S/c1-20-8-4-7-16-13(19)10-5-2-3-6-11(10)15-14(16)21-9-12(17)18/h2-3,5-6H,4,7-9H2,1H3,(H,17,18). The monoisotopic (exact) mass is 308 g/mol. The fraction of sp³-hybridized carbons (Fsp3) is 0.357. The lowest BCUT2D eigenvalue weighted by atomic mass is 10.2. The van der Waals surface area contributed by atoms with E-state index in [4.69, 9.17) is 9.84 Å². The van der Waals surface area contributed by atoms with Crippen LogP contribution in [0, 0.1) is 0 Å². The van der Waals surface area contributed by atoms with Gasteiger partial charge in [0.2, 0.25) is 0 Å². The van der Waals surface area contributed by atoms with Gasteiger partial charge in [0, 0.05) is 20.3 Å². The molecular weight excluding hydrogens is 292 g/mol. The summed E-state index contributed by atoms with van der Waals surface area (Å²) >= 11 is 1.05. The molecule has 1 aromatic carbocycles. The summed E-state index contributed by atoms with van der Waals surface area (Å²) in [7, 11) is 1.60. The number of fused-ring (bicyclic) bond motifs is 1. The van der Waals surface area contributed by atoms with Gasteiger partial charge in [-0.3, -0.25) is 14.2 Å². The number of hydrogen-bond acceptors (Lipinski definition) is 5. The van der Waals surface area contributed by atoms with Gasteiger partial charge in [0.15, 0.2) is 5.16 Å². The maximum Gasteiger partial charge on any atom is 0.313 e. The average Bonchev–Trinajstić information content (AvgIpc) is 2.48. The van der Waals surface area contributed by atoms with Crippen molar-refractivity contribution >= 4 is 28.6 Å². The van der Waals surface area contributed by atoms with Gasteiger partial charge in [0.25, 0.3) is 5.56 Å². The van der Waals surface area contributed by atoms with Gasteiger partial charge in [0.1, 0.15) is 0 Å². The molecule has 0 fully saturated rings. The summed E-state index contributed by atoms with van der Waals surface area (Å²) < 4.78 is 6.52. The summed E-state index contributed by atoms with van der Waals surface area (Å²) in [6.07, 6.45) is 0.664. The van der Waals surface area contributed by atoms with Crippen molar-refractivity contribution in [2.24, 2.45) is 0 Å². The topological polar surface area (TPSA) is 81.4 Å². The molecule has 112 valence electrons. The number of carboxylic acids is 1. The minimum atomic E-state index is -0.939. The number of rotatable bonds is 7. The Labute approximate surface area is 125 Å². The number of carboxylic acid groups (broad SMARTS) is 1. The molecule has 2 aromatic rings. The molecule has 0 spiro atoms. The summed E-state index contributed by atoms with van der Waals surface area (Å²) in [4.78, 5) is 27.7. The third-order valence-electron chi connectivity index (χ3n) is 2.88. The van der Waals surface area contributed by atoms with E-state index in [0.29, 0.717) is 35.6 Å². The molecule has 0 saturated heterocycles. The Morgan fingerprint density at radius 3 is 2.90 bits per heavy atom. The Morgan fingerprint density at radius 2 is 2.19 bits per heavy atom. The number of benzene rings is 1. The summed E-state index contributed by atoms with van der Waals surface area (Å²) in [6.45, 7) is 0.981. The Bertz CT molecular complexity index is 699. The quantitative estimate of drug-likeness (QED) is 0.475. The van der Waals surface area contributed by atoms with Crippen molar-refractivity contribution in [3.63, 3.8) is 0 Å². The van der Waals surface area contributed by atoms with Crippen LogP contribution in [0.1, 0.15) is 6.42 Å². The van der Waals surface area contributed by atoms with Gasteiger partial charge in [0.05, 0.1) is 16.7 Å². The van der Waals surface area contributed by atoms with Crippen LogP contribution >= 0.6 is 11.8 Å². The van der Waals surface area contributed by atoms with Gasteiger partial charge >= 0.3 is 5.97 Å². The highest BCUT2D eigenvalue weighted by Gasteiger charge is 2.12. The van der Waals surface area contributed by atoms with Crippen LogP contribution in [0.3, 0.4) is 0 Å². The van der Waals surface area contributed by atoms with E-state index in [0.717, 1.165) is 11.8 Å². The Morgan fingerprint density at radius 1 is 1.43 bits per heavy atom. The van der Waals surface area contributed by atoms with Crippen LogP contribution in [0.25, 0.3) is 10.9 Å². The summed E-state index contributed by atoms with van der Waals surface area (Å²) in [6, 6.07) is 7.06. The third kappa shape index (κ3) is 3.83. The van der Waals surface area contributed by atoms with Crippen molar-refractivity contribution in [2.75, 3.05) is 19.5 Å². The Hall–Kier alpha value is -1.86. The maximum absolute atomic E-state index is 12.5. The number of nitrogens with zero attached hydrogens (tertiary/aromatic N) is 2. The van der Waals surface area contributed by atoms with E-state index >= 15 is 0 Å². The fourth-order valence-corrected chi connectivity index (χ4v) is 2.69. The molecule has 1 N–H and O–H groups in total. The first-order chi connectivity index (χ1) is 10.1. The predicted molar refractivity (Wildman–Crippen MR) is 80.9 cm³/mol. The van der Waals surface area contributed by atoms with Crippen molar-refractivity contribution in [3.05, 3.63) is 34.6 Å². The number of aliphatic carboxylic acids is 1. The van der Waals surface area contributed by atoms with Crippen molar-refractivity contribution in [3.8, 4) is 0 Å². The predicted octanol–water partition coefficient (Wildman–Crippen LogP) is 1.61. The number of hydrogen-bond donors (Lipinski definition) is 1. The maximum atomic E-state index is 12.5. The first kappa shape index (κ1) is 15.5. The number of para-hydroxylation sites is 1. The molecule has 0 unspecified atom stereocenters. The fourth-order valence-electron chi connectivity index (χ4n) is 1.95. The van der Waals surface area contributed by atoms with Crippen LogP contribution in [0.4, 0.5) is 0 Å². The van der Waals surface area contributed by atoms with E-state index in [-0.39, 0.29) is 11.3 Å². The normalized spacial score (nSPS) is 10.9. The summed E-state index contributed by atoms with van der Waals surface area (Å²) in [5.74, 6) is -1.07. The van der Waals surface area contributed by atoms with E-state index in [1.54, 1.807) is 31.4 Å². The molecule has 1 aromatic heterocycles. The molecule has 21 heavy (non-hydrogen) atoms. The minimum absolute atomic E-state index is 0.130. The Kier molecular flexibility index (Phi) is 5.35. The van der Waals surface area contributed by atoms with Gasteiger partial charge in [-0.2, -0.15) is 0 Å². The van der Waals surface area contributed by atoms with Crippen molar-refractivity contribution in [1.29, 1.82) is 0 Å². The lowest BCUT2D eigenvalue weighted by molar-refractivity contribution is -0.133. The number of ether oxygens (including phenoxy) is 1. The van der Waals surface area contributed by atoms with Crippen LogP contribution in [0.2, 0.25) is 0 Å². The Balaban J connectivity index is 2.43. The van der Waals surface area contributed by atoms with Gasteiger partial charge in [-0.25, -0.2) is 4.98 Å². The SMILES string of the molecule is COCCCn1c(SCC(=O)O)nc2ccccc2c1=O. The van der Waals surface area contributed by atoms with Gasteiger partial charge in [-0.15, -0.1) is 0 Å². The molecule has 6 nitrogen and oxygen atoms in total. The van der Waals surface area contributed by atoms with Crippen LogP contribution in [-0.4, -0.2) is 40.1 Å². The van der Waals surface area contributed by atoms with E-state index in [1.165, 1.54) is 4.57 Å². The molecule has 0 aliphatic heterocycles. The zero-order valence-corrected chi connectivity index (χ0v) is 12.4. The lowest BCUT2D eigenvalue weighted by Crippen LogP contribution is -2.24. The zero-order chi connectivity index (χ0) is 15.2. The molecule has 0 atom stereocenters. The molecule has 0 radical (unpaired) electrons. The van der Waals surface area contributed by atoms with Gasteiger partial charge < -0.3 is 9.84 Å². The zero-order valence-electron chi connectivity index (χ0n) is 11.6. The summed E-state index contributed by atoms with van der Waals surface area (Å²) in [5, 5.41) is 9.77. The van der Waals surface area contributed by atoms with Crippen molar-refractivity contribution in [2.45, 2.75) is 18.1 Å². The highest BCUT2D eigenvalue weighted by Crippen LogP contribution is 2.17.